The average Bonchev–Trinajstić information content (AvgIpc) is 2.94. The molecule has 0 saturated carbocycles. The van der Waals surface area contributed by atoms with Gasteiger partial charge in [-0.05, 0) is 31.5 Å². The smallest absolute Gasteiger partial charge is 0.225 e. The van der Waals surface area contributed by atoms with E-state index < -0.39 is 0 Å². The minimum atomic E-state index is -0.353. The van der Waals surface area contributed by atoms with Crippen molar-refractivity contribution in [3.63, 3.8) is 0 Å². The lowest BCUT2D eigenvalue weighted by atomic mass is 10.1. The predicted octanol–water partition coefficient (Wildman–Crippen LogP) is 2.54. The highest BCUT2D eigenvalue weighted by Crippen LogP contribution is 2.40. The fourth-order valence-corrected chi connectivity index (χ4v) is 3.42. The average molecular weight is 312 g/mol. The van der Waals surface area contributed by atoms with Crippen molar-refractivity contribution in [1.82, 2.24) is 9.97 Å². The molecule has 118 valence electrons. The quantitative estimate of drug-likeness (QED) is 0.812. The third kappa shape index (κ3) is 2.17. The molecule has 0 aliphatic carbocycles. The van der Waals surface area contributed by atoms with Crippen molar-refractivity contribution in [2.75, 3.05) is 22.9 Å². The lowest BCUT2D eigenvalue weighted by molar-refractivity contribution is -0.117. The maximum absolute atomic E-state index is 13.8. The van der Waals surface area contributed by atoms with Crippen LogP contribution in [0.25, 0.3) is 11.3 Å². The molecule has 2 aliphatic heterocycles. The zero-order valence-electron chi connectivity index (χ0n) is 13.1. The van der Waals surface area contributed by atoms with Crippen LogP contribution >= 0.6 is 0 Å². The number of anilines is 2. The van der Waals surface area contributed by atoms with Crippen LogP contribution in [0.3, 0.4) is 0 Å². The number of aryl methyl sites for hydroxylation is 1. The van der Waals surface area contributed by atoms with Crippen molar-refractivity contribution < 1.29 is 9.18 Å². The maximum Gasteiger partial charge on any atom is 0.225 e. The number of fused-ring (bicyclic) bond motifs is 4. The van der Waals surface area contributed by atoms with Gasteiger partial charge in [-0.25, -0.2) is 9.37 Å². The first-order valence-electron chi connectivity index (χ1n) is 7.73. The van der Waals surface area contributed by atoms with Crippen LogP contribution in [0.4, 0.5) is 15.9 Å². The van der Waals surface area contributed by atoms with Gasteiger partial charge in [-0.1, -0.05) is 0 Å². The summed E-state index contributed by atoms with van der Waals surface area (Å²) in [4.78, 5) is 24.8. The fourth-order valence-electron chi connectivity index (χ4n) is 3.42. The molecule has 0 N–H and O–H groups in total. The largest absolute Gasteiger partial charge is 0.366 e. The normalized spacial score (nSPS) is 19.0. The van der Waals surface area contributed by atoms with Gasteiger partial charge in [0.1, 0.15) is 5.82 Å². The lowest BCUT2D eigenvalue weighted by Crippen LogP contribution is -2.45. The Morgan fingerprint density at radius 3 is 2.96 bits per heavy atom. The number of halogens is 1. The Hall–Kier alpha value is -2.50. The molecule has 1 atom stereocenters. The summed E-state index contributed by atoms with van der Waals surface area (Å²) in [7, 11) is 0. The van der Waals surface area contributed by atoms with Crippen LogP contribution in [-0.4, -0.2) is 35.0 Å². The summed E-state index contributed by atoms with van der Waals surface area (Å²) in [6.45, 7) is 4.98. The number of hydrogen-bond donors (Lipinski definition) is 0. The summed E-state index contributed by atoms with van der Waals surface area (Å²) in [5.41, 5.74) is 2.58. The Balaban J connectivity index is 1.84. The molecule has 4 rings (SSSR count). The molecule has 6 heteroatoms. The van der Waals surface area contributed by atoms with Crippen LogP contribution in [0.5, 0.6) is 0 Å². The second-order valence-electron chi connectivity index (χ2n) is 6.11. The molecule has 23 heavy (non-hydrogen) atoms. The van der Waals surface area contributed by atoms with Gasteiger partial charge in [0, 0.05) is 31.8 Å². The third-order valence-corrected chi connectivity index (χ3v) is 4.61. The van der Waals surface area contributed by atoms with E-state index in [2.05, 4.69) is 14.9 Å². The molecule has 0 aromatic carbocycles. The van der Waals surface area contributed by atoms with Crippen molar-refractivity contribution in [2.24, 2.45) is 0 Å². The summed E-state index contributed by atoms with van der Waals surface area (Å²) in [6, 6.07) is 5.44. The zero-order chi connectivity index (χ0) is 16.1. The Morgan fingerprint density at radius 2 is 2.22 bits per heavy atom. The number of rotatable bonds is 1. The molecule has 2 aliphatic rings. The summed E-state index contributed by atoms with van der Waals surface area (Å²) >= 11 is 0. The Morgan fingerprint density at radius 1 is 1.39 bits per heavy atom. The molecule has 1 fully saturated rings. The van der Waals surface area contributed by atoms with Crippen LogP contribution < -0.4 is 9.80 Å². The van der Waals surface area contributed by atoms with Crippen LogP contribution in [0, 0.1) is 12.7 Å². The molecular weight excluding hydrogens is 295 g/mol. The molecule has 2 aromatic heterocycles. The second kappa shape index (κ2) is 5.01. The molecule has 2 aromatic rings. The number of amides is 1. The monoisotopic (exact) mass is 312 g/mol. The molecule has 0 radical (unpaired) electrons. The van der Waals surface area contributed by atoms with Gasteiger partial charge in [-0.15, -0.1) is 0 Å². The van der Waals surface area contributed by atoms with Crippen molar-refractivity contribution >= 4 is 17.4 Å². The number of hydrogen-bond acceptors (Lipinski definition) is 4. The van der Waals surface area contributed by atoms with Crippen LogP contribution in [0.1, 0.15) is 19.0 Å². The molecule has 4 heterocycles. The van der Waals surface area contributed by atoms with Crippen molar-refractivity contribution in [3.05, 3.63) is 35.9 Å². The van der Waals surface area contributed by atoms with Gasteiger partial charge in [-0.2, -0.15) is 0 Å². The van der Waals surface area contributed by atoms with Gasteiger partial charge in [0.15, 0.2) is 5.82 Å². The standard InChI is InChI=1S/C17H17FN4O/c1-10-14(18)7-12(8-19-10)15-3-4-16-17(20-15)22(11(2)23)13-5-6-21(16)9-13/h3-4,7-8,13H,5-6,9H2,1-2H3. The van der Waals surface area contributed by atoms with E-state index in [1.165, 1.54) is 6.07 Å². The van der Waals surface area contributed by atoms with E-state index in [-0.39, 0.29) is 17.8 Å². The minimum Gasteiger partial charge on any atom is -0.366 e. The third-order valence-electron chi connectivity index (χ3n) is 4.61. The summed E-state index contributed by atoms with van der Waals surface area (Å²) < 4.78 is 13.8. The van der Waals surface area contributed by atoms with E-state index >= 15 is 0 Å². The minimum absolute atomic E-state index is 0.00402. The Kier molecular flexibility index (Phi) is 3.07. The summed E-state index contributed by atoms with van der Waals surface area (Å²) in [5.74, 6) is 0.314. The maximum atomic E-state index is 13.8. The number of nitrogens with zero attached hydrogens (tertiary/aromatic N) is 4. The Labute approximate surface area is 133 Å². The van der Waals surface area contributed by atoms with E-state index in [0.717, 1.165) is 25.2 Å². The number of aromatic nitrogens is 2. The highest BCUT2D eigenvalue weighted by molar-refractivity contribution is 5.96. The van der Waals surface area contributed by atoms with Gasteiger partial charge in [0.05, 0.1) is 23.1 Å². The lowest BCUT2D eigenvalue weighted by Gasteiger charge is -2.35. The van der Waals surface area contributed by atoms with Gasteiger partial charge < -0.3 is 4.90 Å². The molecular formula is C17H17FN4O. The van der Waals surface area contributed by atoms with Gasteiger partial charge >= 0.3 is 0 Å². The molecule has 0 spiro atoms. The predicted molar refractivity (Wildman–Crippen MR) is 85.9 cm³/mol. The van der Waals surface area contributed by atoms with Crippen LogP contribution in [0.2, 0.25) is 0 Å². The van der Waals surface area contributed by atoms with Gasteiger partial charge in [0.2, 0.25) is 5.91 Å². The number of carbonyl (C=O) groups excluding carboxylic acids is 1. The SMILES string of the molecule is CC(=O)N1c2nc(-c3cnc(C)c(F)c3)ccc2N2CCC1C2. The van der Waals surface area contributed by atoms with E-state index in [0.29, 0.717) is 22.8 Å². The van der Waals surface area contributed by atoms with E-state index in [4.69, 9.17) is 0 Å². The molecule has 2 bridgehead atoms. The first-order valence-corrected chi connectivity index (χ1v) is 7.73. The van der Waals surface area contributed by atoms with Crippen LogP contribution in [-0.2, 0) is 4.79 Å². The number of carbonyl (C=O) groups is 1. The molecule has 1 saturated heterocycles. The first-order chi connectivity index (χ1) is 11.0. The number of pyridine rings is 2. The van der Waals surface area contributed by atoms with Crippen molar-refractivity contribution in [3.8, 4) is 11.3 Å². The highest BCUT2D eigenvalue weighted by Gasteiger charge is 2.38. The molecule has 5 nitrogen and oxygen atoms in total. The van der Waals surface area contributed by atoms with Crippen molar-refractivity contribution in [1.29, 1.82) is 0 Å². The summed E-state index contributed by atoms with van der Waals surface area (Å²) in [6.07, 6.45) is 2.56. The van der Waals surface area contributed by atoms with Crippen molar-refractivity contribution in [2.45, 2.75) is 26.3 Å². The van der Waals surface area contributed by atoms with Gasteiger partial charge in [-0.3, -0.25) is 14.7 Å². The Bertz CT molecular complexity index is 807. The second-order valence-corrected chi connectivity index (χ2v) is 6.11. The van der Waals surface area contributed by atoms with Gasteiger partial charge in [0.25, 0.3) is 0 Å². The summed E-state index contributed by atoms with van der Waals surface area (Å²) in [5, 5.41) is 0. The topological polar surface area (TPSA) is 49.3 Å². The van der Waals surface area contributed by atoms with Crippen LogP contribution in [0.15, 0.2) is 24.4 Å². The first kappa shape index (κ1) is 14.1. The highest BCUT2D eigenvalue weighted by atomic mass is 19.1. The van der Waals surface area contributed by atoms with E-state index in [1.807, 2.05) is 12.1 Å². The molecule has 1 unspecified atom stereocenters. The van der Waals surface area contributed by atoms with E-state index in [9.17, 15) is 9.18 Å². The van der Waals surface area contributed by atoms with E-state index in [1.54, 1.807) is 24.9 Å². The molecule has 1 amide bonds. The zero-order valence-corrected chi connectivity index (χ0v) is 13.1. The fraction of sp³-hybridized carbons (Fsp3) is 0.353.